The van der Waals surface area contributed by atoms with Crippen molar-refractivity contribution in [2.75, 3.05) is 25.5 Å². The van der Waals surface area contributed by atoms with Gasteiger partial charge in [0.25, 0.3) is 5.91 Å². The second-order valence-corrected chi connectivity index (χ2v) is 11.3. The highest BCUT2D eigenvalue weighted by molar-refractivity contribution is 7.89. The quantitative estimate of drug-likeness (QED) is 0.385. The number of nitrogens with zero attached hydrogens (tertiary/aromatic N) is 1. The third kappa shape index (κ3) is 6.53. The van der Waals surface area contributed by atoms with Crippen molar-refractivity contribution in [1.29, 1.82) is 0 Å². The predicted octanol–water partition coefficient (Wildman–Crippen LogP) is 5.02. The van der Waals surface area contributed by atoms with Crippen LogP contribution < -0.4 is 15.4 Å². The lowest BCUT2D eigenvalue weighted by Crippen LogP contribution is -2.35. The minimum absolute atomic E-state index is 0.00586. The normalized spacial score (nSPS) is 14.9. The molecule has 2 N–H and O–H groups in total. The van der Waals surface area contributed by atoms with Gasteiger partial charge in [-0.1, -0.05) is 60.5 Å². The summed E-state index contributed by atoms with van der Waals surface area (Å²) in [6.45, 7) is 0.901. The second-order valence-electron chi connectivity index (χ2n) is 9.00. The highest BCUT2D eigenvalue weighted by Crippen LogP contribution is 2.31. The molecule has 0 unspecified atom stereocenters. The van der Waals surface area contributed by atoms with Gasteiger partial charge in [0, 0.05) is 18.8 Å². The van der Waals surface area contributed by atoms with E-state index in [2.05, 4.69) is 10.6 Å². The summed E-state index contributed by atoms with van der Waals surface area (Å²) in [6.07, 6.45) is 2.52. The molecular formula is C28H30ClN3O5S. The standard InChI is InChI=1S/C28H30ClN3O5S/c1-37-25-15-14-21(18-26(25)38(35,36)32-16-8-3-9-17-32)30-27(33)19-24(20-10-4-2-5-11-20)31-28(34)22-12-6-7-13-23(22)29/h2,4-7,10-15,18,24H,3,8-9,16-17,19H2,1H3,(H,30,33)(H,31,34)/t24-/m0/s1. The average Bonchev–Trinajstić information content (AvgIpc) is 2.93. The number of sulfonamides is 1. The monoisotopic (exact) mass is 555 g/mol. The molecule has 0 spiro atoms. The van der Waals surface area contributed by atoms with Crippen LogP contribution in [0.15, 0.2) is 77.7 Å². The van der Waals surface area contributed by atoms with E-state index >= 15 is 0 Å². The maximum atomic E-state index is 13.3. The molecule has 1 heterocycles. The molecule has 1 aliphatic rings. The molecule has 10 heteroatoms. The first-order chi connectivity index (χ1) is 18.3. The maximum Gasteiger partial charge on any atom is 0.253 e. The van der Waals surface area contributed by atoms with Crippen LogP contribution in [0.3, 0.4) is 0 Å². The highest BCUT2D eigenvalue weighted by atomic mass is 35.5. The number of hydrogen-bond donors (Lipinski definition) is 2. The number of nitrogens with one attached hydrogen (secondary N) is 2. The SMILES string of the molecule is COc1ccc(NC(=O)C[C@H](NC(=O)c2ccccc2Cl)c2ccccc2)cc1S(=O)(=O)N1CCCCC1. The Morgan fingerprint density at radius 3 is 2.34 bits per heavy atom. The van der Waals surface area contributed by atoms with Gasteiger partial charge in [-0.05, 0) is 48.7 Å². The number of anilines is 1. The number of carbonyl (C=O) groups excluding carboxylic acids is 2. The molecule has 0 aliphatic carbocycles. The molecule has 3 aromatic carbocycles. The van der Waals surface area contributed by atoms with Crippen LogP contribution in [0.4, 0.5) is 5.69 Å². The third-order valence-corrected chi connectivity index (χ3v) is 8.64. The number of methoxy groups -OCH3 is 1. The lowest BCUT2D eigenvalue weighted by atomic mass is 10.0. The Balaban J connectivity index is 1.54. The highest BCUT2D eigenvalue weighted by Gasteiger charge is 2.29. The number of amides is 2. The number of hydrogen-bond acceptors (Lipinski definition) is 5. The first-order valence-corrected chi connectivity index (χ1v) is 14.2. The lowest BCUT2D eigenvalue weighted by molar-refractivity contribution is -0.116. The Morgan fingerprint density at radius 2 is 1.66 bits per heavy atom. The third-order valence-electron chi connectivity index (χ3n) is 6.40. The minimum Gasteiger partial charge on any atom is -0.495 e. The Hall–Kier alpha value is -3.40. The number of ether oxygens (including phenoxy) is 1. The molecule has 0 bridgehead atoms. The number of rotatable bonds is 9. The molecule has 0 radical (unpaired) electrons. The fraction of sp³-hybridized carbons (Fsp3) is 0.286. The van der Waals surface area contributed by atoms with Gasteiger partial charge in [0.2, 0.25) is 15.9 Å². The summed E-state index contributed by atoms with van der Waals surface area (Å²) in [6, 6.07) is 19.7. The van der Waals surface area contributed by atoms with Crippen LogP contribution >= 0.6 is 11.6 Å². The molecule has 8 nitrogen and oxygen atoms in total. The average molecular weight is 556 g/mol. The number of piperidine rings is 1. The zero-order chi connectivity index (χ0) is 27.1. The van der Waals surface area contributed by atoms with Gasteiger partial charge in [-0.15, -0.1) is 0 Å². The van der Waals surface area contributed by atoms with E-state index in [9.17, 15) is 18.0 Å². The van der Waals surface area contributed by atoms with Crippen LogP contribution in [0.5, 0.6) is 5.75 Å². The van der Waals surface area contributed by atoms with E-state index in [1.807, 2.05) is 30.3 Å². The Kier molecular flexibility index (Phi) is 9.04. The van der Waals surface area contributed by atoms with Crippen LogP contribution in [-0.4, -0.2) is 44.7 Å². The number of halogens is 1. The topological polar surface area (TPSA) is 105 Å². The first-order valence-electron chi connectivity index (χ1n) is 12.4. The van der Waals surface area contributed by atoms with Crippen LogP contribution in [-0.2, 0) is 14.8 Å². The van der Waals surface area contributed by atoms with E-state index in [0.717, 1.165) is 24.8 Å². The Bertz CT molecular complexity index is 1390. The molecule has 0 aromatic heterocycles. The fourth-order valence-electron chi connectivity index (χ4n) is 4.42. The number of benzene rings is 3. The molecule has 1 saturated heterocycles. The molecule has 38 heavy (non-hydrogen) atoms. The van der Waals surface area contributed by atoms with Gasteiger partial charge in [-0.25, -0.2) is 8.42 Å². The smallest absolute Gasteiger partial charge is 0.253 e. The van der Waals surface area contributed by atoms with E-state index in [-0.39, 0.29) is 17.1 Å². The molecular weight excluding hydrogens is 526 g/mol. The molecule has 0 saturated carbocycles. The van der Waals surface area contributed by atoms with Gasteiger partial charge in [-0.2, -0.15) is 4.31 Å². The summed E-state index contributed by atoms with van der Waals surface area (Å²) in [5.74, 6) is -0.593. The van der Waals surface area contributed by atoms with Crippen molar-refractivity contribution in [3.63, 3.8) is 0 Å². The summed E-state index contributed by atoms with van der Waals surface area (Å²) in [4.78, 5) is 26.1. The van der Waals surface area contributed by atoms with E-state index in [0.29, 0.717) is 29.4 Å². The summed E-state index contributed by atoms with van der Waals surface area (Å²) >= 11 is 6.19. The van der Waals surface area contributed by atoms with Crippen molar-refractivity contribution in [1.82, 2.24) is 9.62 Å². The molecule has 1 fully saturated rings. The van der Waals surface area contributed by atoms with Gasteiger partial charge in [0.15, 0.2) is 0 Å². The van der Waals surface area contributed by atoms with Crippen molar-refractivity contribution < 1.29 is 22.7 Å². The molecule has 3 aromatic rings. The zero-order valence-corrected chi connectivity index (χ0v) is 22.6. The van der Waals surface area contributed by atoms with Gasteiger partial charge >= 0.3 is 0 Å². The second kappa shape index (κ2) is 12.4. The van der Waals surface area contributed by atoms with Crippen molar-refractivity contribution in [3.8, 4) is 5.75 Å². The summed E-state index contributed by atoms with van der Waals surface area (Å²) in [7, 11) is -2.38. The van der Waals surface area contributed by atoms with Gasteiger partial charge < -0.3 is 15.4 Å². The fourth-order valence-corrected chi connectivity index (χ4v) is 6.34. The van der Waals surface area contributed by atoms with Crippen LogP contribution in [0.2, 0.25) is 5.02 Å². The maximum absolute atomic E-state index is 13.3. The van der Waals surface area contributed by atoms with Gasteiger partial charge in [-0.3, -0.25) is 9.59 Å². The summed E-state index contributed by atoms with van der Waals surface area (Å²) in [5, 5.41) is 5.98. The Labute approximate surface area is 228 Å². The molecule has 1 aliphatic heterocycles. The van der Waals surface area contributed by atoms with E-state index < -0.39 is 27.9 Å². The lowest BCUT2D eigenvalue weighted by Gasteiger charge is -2.26. The van der Waals surface area contributed by atoms with Crippen molar-refractivity contribution in [2.24, 2.45) is 0 Å². The predicted molar refractivity (Wildman–Crippen MR) is 147 cm³/mol. The van der Waals surface area contributed by atoms with Crippen molar-refractivity contribution in [2.45, 2.75) is 36.6 Å². The number of carbonyl (C=O) groups is 2. The van der Waals surface area contributed by atoms with Crippen LogP contribution in [0.25, 0.3) is 0 Å². The minimum atomic E-state index is -3.79. The van der Waals surface area contributed by atoms with Gasteiger partial charge in [0.1, 0.15) is 10.6 Å². The summed E-state index contributed by atoms with van der Waals surface area (Å²) < 4.78 is 33.4. The molecule has 200 valence electrons. The van der Waals surface area contributed by atoms with Gasteiger partial charge in [0.05, 0.1) is 30.2 Å². The van der Waals surface area contributed by atoms with Crippen LogP contribution in [0.1, 0.15) is 47.6 Å². The van der Waals surface area contributed by atoms with Crippen molar-refractivity contribution >= 4 is 39.1 Å². The zero-order valence-electron chi connectivity index (χ0n) is 21.0. The molecule has 2 amide bonds. The van der Waals surface area contributed by atoms with E-state index in [1.165, 1.54) is 23.5 Å². The molecule has 1 atom stereocenters. The first kappa shape index (κ1) is 27.6. The summed E-state index contributed by atoms with van der Waals surface area (Å²) in [5.41, 5.74) is 1.36. The van der Waals surface area contributed by atoms with E-state index in [4.69, 9.17) is 16.3 Å². The Morgan fingerprint density at radius 1 is 0.974 bits per heavy atom. The van der Waals surface area contributed by atoms with Crippen molar-refractivity contribution in [3.05, 3.63) is 88.9 Å². The largest absolute Gasteiger partial charge is 0.495 e. The van der Waals surface area contributed by atoms with E-state index in [1.54, 1.807) is 30.3 Å². The van der Waals surface area contributed by atoms with Crippen LogP contribution in [0, 0.1) is 0 Å². The molecule has 4 rings (SSSR count).